The van der Waals surface area contributed by atoms with Gasteiger partial charge < -0.3 is 5.32 Å². The second-order valence-corrected chi connectivity index (χ2v) is 6.36. The fourth-order valence-electron chi connectivity index (χ4n) is 2.55. The standard InChI is InChI=1S/C17H33N3/c1-6-17(7-2)20-12-11-16(19-20)13-18-15(5)10-8-9-14(3)4/h11-12,14-15,17-18H,6-10,13H2,1-5H3. The van der Waals surface area contributed by atoms with Gasteiger partial charge in [0.15, 0.2) is 0 Å². The smallest absolute Gasteiger partial charge is 0.0762 e. The molecule has 0 saturated heterocycles. The highest BCUT2D eigenvalue weighted by molar-refractivity contribution is 4.99. The molecule has 0 aromatic carbocycles. The molecule has 1 aromatic heterocycles. The number of hydrogen-bond acceptors (Lipinski definition) is 2. The van der Waals surface area contributed by atoms with Crippen molar-refractivity contribution in [2.75, 3.05) is 0 Å². The number of hydrogen-bond donors (Lipinski definition) is 1. The molecule has 0 bridgehead atoms. The molecule has 0 saturated carbocycles. The summed E-state index contributed by atoms with van der Waals surface area (Å²) < 4.78 is 2.13. The molecule has 3 heteroatoms. The highest BCUT2D eigenvalue weighted by Gasteiger charge is 2.08. The van der Waals surface area contributed by atoms with Gasteiger partial charge >= 0.3 is 0 Å². The number of nitrogens with one attached hydrogen (secondary N) is 1. The zero-order valence-electron chi connectivity index (χ0n) is 14.0. The molecule has 116 valence electrons. The summed E-state index contributed by atoms with van der Waals surface area (Å²) in [7, 11) is 0. The maximum absolute atomic E-state index is 4.69. The fraction of sp³-hybridized carbons (Fsp3) is 0.824. The molecule has 0 spiro atoms. The van der Waals surface area contributed by atoms with Gasteiger partial charge in [-0.25, -0.2) is 0 Å². The van der Waals surface area contributed by atoms with Gasteiger partial charge in [-0.15, -0.1) is 0 Å². The molecule has 1 heterocycles. The second kappa shape index (κ2) is 9.17. The van der Waals surface area contributed by atoms with E-state index in [1.807, 2.05) is 0 Å². The maximum Gasteiger partial charge on any atom is 0.0762 e. The van der Waals surface area contributed by atoms with Crippen molar-refractivity contribution in [3.05, 3.63) is 18.0 Å². The van der Waals surface area contributed by atoms with Crippen LogP contribution in [0.3, 0.4) is 0 Å². The van der Waals surface area contributed by atoms with Gasteiger partial charge in [-0.1, -0.05) is 40.5 Å². The Morgan fingerprint density at radius 2 is 1.85 bits per heavy atom. The SMILES string of the molecule is CCC(CC)n1ccc(CNC(C)CCCC(C)C)n1. The summed E-state index contributed by atoms with van der Waals surface area (Å²) in [6.45, 7) is 12.2. The number of rotatable bonds is 10. The average Bonchev–Trinajstić information content (AvgIpc) is 2.86. The molecule has 1 N–H and O–H groups in total. The summed E-state index contributed by atoms with van der Waals surface area (Å²) in [4.78, 5) is 0. The van der Waals surface area contributed by atoms with Crippen LogP contribution in [0.25, 0.3) is 0 Å². The molecule has 0 aliphatic heterocycles. The molecule has 0 aliphatic rings. The van der Waals surface area contributed by atoms with Gasteiger partial charge in [0.1, 0.15) is 0 Å². The van der Waals surface area contributed by atoms with Crippen molar-refractivity contribution in [3.63, 3.8) is 0 Å². The summed E-state index contributed by atoms with van der Waals surface area (Å²) in [5, 5.41) is 8.27. The van der Waals surface area contributed by atoms with Crippen molar-refractivity contribution in [2.45, 2.75) is 85.4 Å². The molecule has 1 unspecified atom stereocenters. The minimum Gasteiger partial charge on any atom is -0.309 e. The van der Waals surface area contributed by atoms with E-state index in [1.165, 1.54) is 19.3 Å². The van der Waals surface area contributed by atoms with Gasteiger partial charge in [0, 0.05) is 18.8 Å². The first kappa shape index (κ1) is 17.2. The Balaban J connectivity index is 2.31. The van der Waals surface area contributed by atoms with E-state index in [9.17, 15) is 0 Å². The van der Waals surface area contributed by atoms with Gasteiger partial charge in [0.2, 0.25) is 0 Å². The molecule has 0 amide bonds. The number of aromatic nitrogens is 2. The van der Waals surface area contributed by atoms with Crippen LogP contribution in [0, 0.1) is 5.92 Å². The highest BCUT2D eigenvalue weighted by atomic mass is 15.3. The van der Waals surface area contributed by atoms with E-state index in [-0.39, 0.29) is 0 Å². The molecule has 1 aromatic rings. The Morgan fingerprint density at radius 3 is 2.45 bits per heavy atom. The van der Waals surface area contributed by atoms with Crippen molar-refractivity contribution in [2.24, 2.45) is 5.92 Å². The molecule has 1 atom stereocenters. The Kier molecular flexibility index (Phi) is 7.90. The lowest BCUT2D eigenvalue weighted by molar-refractivity contribution is 0.419. The molecule has 1 rings (SSSR count). The third-order valence-electron chi connectivity index (χ3n) is 4.03. The minimum absolute atomic E-state index is 0.548. The van der Waals surface area contributed by atoms with Crippen LogP contribution in [0.1, 0.15) is 78.5 Å². The van der Waals surface area contributed by atoms with Crippen molar-refractivity contribution in [3.8, 4) is 0 Å². The van der Waals surface area contributed by atoms with Crippen LogP contribution < -0.4 is 5.32 Å². The third kappa shape index (κ3) is 6.08. The van der Waals surface area contributed by atoms with Gasteiger partial charge in [0.05, 0.1) is 11.7 Å². The Morgan fingerprint density at radius 1 is 1.15 bits per heavy atom. The highest BCUT2D eigenvalue weighted by Crippen LogP contribution is 2.14. The summed E-state index contributed by atoms with van der Waals surface area (Å²) in [5.41, 5.74) is 1.16. The molecular formula is C17H33N3. The van der Waals surface area contributed by atoms with E-state index in [2.05, 4.69) is 62.0 Å². The monoisotopic (exact) mass is 279 g/mol. The van der Waals surface area contributed by atoms with Crippen molar-refractivity contribution in [1.82, 2.24) is 15.1 Å². The van der Waals surface area contributed by atoms with Crippen molar-refractivity contribution >= 4 is 0 Å². The van der Waals surface area contributed by atoms with Crippen molar-refractivity contribution in [1.29, 1.82) is 0 Å². The van der Waals surface area contributed by atoms with Crippen LogP contribution in [-0.2, 0) is 6.54 Å². The Labute approximate surface area is 125 Å². The Hall–Kier alpha value is -0.830. The zero-order valence-corrected chi connectivity index (χ0v) is 14.0. The first-order valence-electron chi connectivity index (χ1n) is 8.34. The largest absolute Gasteiger partial charge is 0.309 e. The van der Waals surface area contributed by atoms with E-state index in [4.69, 9.17) is 0 Å². The summed E-state index contributed by atoms with van der Waals surface area (Å²) in [6.07, 6.45) is 8.32. The predicted octanol–water partition coefficient (Wildman–Crippen LogP) is 4.55. The first-order valence-corrected chi connectivity index (χ1v) is 8.34. The van der Waals surface area contributed by atoms with E-state index >= 15 is 0 Å². The minimum atomic E-state index is 0.548. The molecule has 0 fully saturated rings. The Bertz CT molecular complexity index is 353. The molecule has 20 heavy (non-hydrogen) atoms. The molecule has 0 radical (unpaired) electrons. The topological polar surface area (TPSA) is 29.9 Å². The van der Waals surface area contributed by atoms with Crippen molar-refractivity contribution < 1.29 is 0 Å². The first-order chi connectivity index (χ1) is 9.56. The lowest BCUT2D eigenvalue weighted by atomic mass is 10.0. The summed E-state index contributed by atoms with van der Waals surface area (Å²) in [5.74, 6) is 0.818. The molecule has 3 nitrogen and oxygen atoms in total. The van der Waals surface area contributed by atoms with Crippen LogP contribution in [0.4, 0.5) is 0 Å². The molecular weight excluding hydrogens is 246 g/mol. The summed E-state index contributed by atoms with van der Waals surface area (Å²) in [6, 6.07) is 3.27. The third-order valence-corrected chi connectivity index (χ3v) is 4.03. The van der Waals surface area contributed by atoms with E-state index in [1.54, 1.807) is 0 Å². The predicted molar refractivity (Wildman–Crippen MR) is 86.8 cm³/mol. The number of nitrogens with zero attached hydrogens (tertiary/aromatic N) is 2. The normalized spacial score (nSPS) is 13.3. The molecule has 0 aliphatic carbocycles. The average molecular weight is 279 g/mol. The van der Waals surface area contributed by atoms with Gasteiger partial charge in [-0.05, 0) is 38.2 Å². The second-order valence-electron chi connectivity index (χ2n) is 6.36. The lowest BCUT2D eigenvalue weighted by Crippen LogP contribution is -2.25. The van der Waals surface area contributed by atoms with Gasteiger partial charge in [-0.3, -0.25) is 4.68 Å². The van der Waals surface area contributed by atoms with E-state index in [0.717, 1.165) is 31.0 Å². The van der Waals surface area contributed by atoms with Crippen LogP contribution in [0.15, 0.2) is 12.3 Å². The fourth-order valence-corrected chi connectivity index (χ4v) is 2.55. The van der Waals surface area contributed by atoms with E-state index < -0.39 is 0 Å². The summed E-state index contributed by atoms with van der Waals surface area (Å²) >= 11 is 0. The van der Waals surface area contributed by atoms with E-state index in [0.29, 0.717) is 12.1 Å². The lowest BCUT2D eigenvalue weighted by Gasteiger charge is -2.14. The van der Waals surface area contributed by atoms with Gasteiger partial charge in [0.25, 0.3) is 0 Å². The van der Waals surface area contributed by atoms with Crippen LogP contribution in [0.2, 0.25) is 0 Å². The van der Waals surface area contributed by atoms with Crippen LogP contribution >= 0.6 is 0 Å². The van der Waals surface area contributed by atoms with Gasteiger partial charge in [-0.2, -0.15) is 5.10 Å². The zero-order chi connectivity index (χ0) is 15.0. The van der Waals surface area contributed by atoms with Crippen LogP contribution in [-0.4, -0.2) is 15.8 Å². The van der Waals surface area contributed by atoms with Crippen LogP contribution in [0.5, 0.6) is 0 Å². The maximum atomic E-state index is 4.69. The quantitative estimate of drug-likeness (QED) is 0.681.